The predicted molar refractivity (Wildman–Crippen MR) is 152 cm³/mol. The number of carboxylic acid groups (broad SMARTS) is 1. The van der Waals surface area contributed by atoms with Gasteiger partial charge in [0.05, 0.1) is 23.2 Å². The van der Waals surface area contributed by atoms with Crippen molar-refractivity contribution in [2.45, 2.75) is 25.3 Å². The molecule has 0 unspecified atom stereocenters. The summed E-state index contributed by atoms with van der Waals surface area (Å²) in [6, 6.07) is 15.2. The average Bonchev–Trinajstić information content (AvgIpc) is 3.23. The molecule has 11 heteroatoms. The van der Waals surface area contributed by atoms with E-state index in [1.165, 1.54) is 18.2 Å². The van der Waals surface area contributed by atoms with Crippen LogP contribution in [-0.2, 0) is 5.92 Å². The minimum Gasteiger partial charge on any atom is -0.478 e. The number of nitrogens with one attached hydrogen (secondary N) is 1. The molecule has 1 aliphatic heterocycles. The van der Waals surface area contributed by atoms with Gasteiger partial charge >= 0.3 is 5.97 Å². The molecule has 3 aromatic carbocycles. The van der Waals surface area contributed by atoms with Gasteiger partial charge in [0.15, 0.2) is 5.75 Å². The Balaban J connectivity index is 0.00000370. The molecule has 0 amide bonds. The summed E-state index contributed by atoms with van der Waals surface area (Å²) in [5.41, 5.74) is 0.553. The summed E-state index contributed by atoms with van der Waals surface area (Å²) in [5.74, 6) is -4.49. The molecular formula is C29H27ClF4N2O3S. The summed E-state index contributed by atoms with van der Waals surface area (Å²) in [7, 11) is 0. The number of aromatic carboxylic acids is 1. The van der Waals surface area contributed by atoms with Crippen LogP contribution in [0, 0.1) is 5.82 Å². The number of hydrogen-bond acceptors (Lipinski definition) is 5. The Labute approximate surface area is 238 Å². The molecule has 5 rings (SSSR count). The van der Waals surface area contributed by atoms with E-state index < -0.39 is 23.3 Å². The van der Waals surface area contributed by atoms with Gasteiger partial charge in [0.1, 0.15) is 11.6 Å². The summed E-state index contributed by atoms with van der Waals surface area (Å²) in [5, 5.41) is 13.4. The van der Waals surface area contributed by atoms with Gasteiger partial charge in [0.25, 0.3) is 5.92 Å². The first kappa shape index (κ1) is 29.6. The van der Waals surface area contributed by atoms with E-state index >= 15 is 0 Å². The van der Waals surface area contributed by atoms with E-state index in [1.54, 1.807) is 18.2 Å². The largest absolute Gasteiger partial charge is 0.478 e. The molecule has 1 saturated heterocycles. The Kier molecular flexibility index (Phi) is 8.92. The molecule has 212 valence electrons. The number of alkyl halides is 3. The highest BCUT2D eigenvalue weighted by molar-refractivity contribution is 7.22. The number of anilines is 1. The normalized spacial score (nSPS) is 14.0. The molecule has 0 aliphatic carbocycles. The number of carbonyl (C=O) groups is 1. The molecule has 4 aromatic rings. The first-order valence-electron chi connectivity index (χ1n) is 12.4. The van der Waals surface area contributed by atoms with Crippen LogP contribution in [0.15, 0.2) is 60.7 Å². The van der Waals surface area contributed by atoms with Crippen molar-refractivity contribution in [1.29, 1.82) is 0 Å². The Bertz CT molecular complexity index is 1500. The Morgan fingerprint density at radius 1 is 1.12 bits per heavy atom. The van der Waals surface area contributed by atoms with Crippen molar-refractivity contribution in [3.05, 3.63) is 77.6 Å². The second kappa shape index (κ2) is 12.0. The van der Waals surface area contributed by atoms with Crippen LogP contribution in [-0.4, -0.2) is 48.3 Å². The Hall–Kier alpha value is -3.34. The fraction of sp³-hybridized carbons (Fsp3) is 0.276. The number of ether oxygens (including phenoxy) is 1. The summed E-state index contributed by atoms with van der Waals surface area (Å²) < 4.78 is 62.1. The van der Waals surface area contributed by atoms with Crippen molar-refractivity contribution in [2.75, 3.05) is 31.6 Å². The first-order valence-corrected chi connectivity index (χ1v) is 13.2. The van der Waals surface area contributed by atoms with Crippen LogP contribution in [0.4, 0.5) is 23.2 Å². The Morgan fingerprint density at radius 3 is 2.50 bits per heavy atom. The highest BCUT2D eigenvalue weighted by Crippen LogP contribution is 2.49. The highest BCUT2D eigenvalue weighted by Gasteiger charge is 2.31. The lowest BCUT2D eigenvalue weighted by Crippen LogP contribution is -2.54. The minimum atomic E-state index is -3.33. The second-order valence-corrected chi connectivity index (χ2v) is 10.7. The van der Waals surface area contributed by atoms with E-state index in [-0.39, 0.29) is 42.0 Å². The molecule has 1 aliphatic rings. The predicted octanol–water partition coefficient (Wildman–Crippen LogP) is 8.19. The molecule has 0 radical (unpaired) electrons. The van der Waals surface area contributed by atoms with Gasteiger partial charge < -0.3 is 15.2 Å². The fourth-order valence-corrected chi connectivity index (χ4v) is 5.87. The van der Waals surface area contributed by atoms with Crippen LogP contribution in [0.25, 0.3) is 20.5 Å². The number of halogens is 5. The molecule has 1 fully saturated rings. The topological polar surface area (TPSA) is 61.8 Å². The molecule has 40 heavy (non-hydrogen) atoms. The number of likely N-dealkylation sites (tertiary alicyclic amines) is 1. The van der Waals surface area contributed by atoms with E-state index in [4.69, 9.17) is 4.74 Å². The van der Waals surface area contributed by atoms with Gasteiger partial charge in [-0.1, -0.05) is 6.07 Å². The smallest absolute Gasteiger partial charge is 0.335 e. The van der Waals surface area contributed by atoms with Crippen molar-refractivity contribution in [3.8, 4) is 21.9 Å². The van der Waals surface area contributed by atoms with Gasteiger partial charge in [-0.15, -0.1) is 23.7 Å². The van der Waals surface area contributed by atoms with Crippen LogP contribution in [0.2, 0.25) is 0 Å². The molecule has 0 saturated carbocycles. The highest BCUT2D eigenvalue weighted by atomic mass is 35.5. The van der Waals surface area contributed by atoms with E-state index in [9.17, 15) is 27.5 Å². The van der Waals surface area contributed by atoms with Crippen molar-refractivity contribution >= 4 is 45.5 Å². The van der Waals surface area contributed by atoms with Gasteiger partial charge in [-0.05, 0) is 61.0 Å². The number of thiophene rings is 1. The number of carboxylic acids is 1. The molecule has 0 atom stereocenters. The monoisotopic (exact) mass is 594 g/mol. The molecule has 0 spiro atoms. The van der Waals surface area contributed by atoms with Gasteiger partial charge in [0.2, 0.25) is 0 Å². The third kappa shape index (κ3) is 6.35. The van der Waals surface area contributed by atoms with E-state index in [1.807, 2.05) is 12.1 Å². The standard InChI is InChI=1S/C29H26F4N2O3S.ClH/c1-29(32,33)24-14-18(31)4-10-22(24)27-26(23-9-3-17(28(36)37)13-25(23)39-27)38-21-7-5-19(6-8-21)34-20-15-35(16-20)12-2-11-30;/h3-10,13-14,20,34H,2,11-12,15-16H2,1H3,(H,36,37);1H. The lowest BCUT2D eigenvalue weighted by Gasteiger charge is -2.40. The fourth-order valence-electron chi connectivity index (χ4n) is 4.66. The molecule has 2 heterocycles. The molecule has 5 nitrogen and oxygen atoms in total. The zero-order valence-electron chi connectivity index (χ0n) is 21.4. The maximum Gasteiger partial charge on any atom is 0.335 e. The van der Waals surface area contributed by atoms with Crippen LogP contribution in [0.3, 0.4) is 0 Å². The number of benzene rings is 3. The zero-order chi connectivity index (χ0) is 27.7. The van der Waals surface area contributed by atoms with E-state index in [2.05, 4.69) is 10.2 Å². The maximum absolute atomic E-state index is 14.5. The molecule has 1 aromatic heterocycles. The summed E-state index contributed by atoms with van der Waals surface area (Å²) in [4.78, 5) is 14.0. The van der Waals surface area contributed by atoms with Crippen molar-refractivity contribution in [1.82, 2.24) is 4.90 Å². The third-order valence-electron chi connectivity index (χ3n) is 6.60. The lowest BCUT2D eigenvalue weighted by molar-refractivity contribution is 0.0178. The van der Waals surface area contributed by atoms with E-state index in [0.29, 0.717) is 34.1 Å². The van der Waals surface area contributed by atoms with Crippen LogP contribution >= 0.6 is 23.7 Å². The van der Waals surface area contributed by atoms with Gasteiger partial charge in [-0.2, -0.15) is 0 Å². The van der Waals surface area contributed by atoms with E-state index in [0.717, 1.165) is 48.8 Å². The van der Waals surface area contributed by atoms with Crippen LogP contribution in [0.5, 0.6) is 11.5 Å². The van der Waals surface area contributed by atoms with Gasteiger partial charge in [-0.3, -0.25) is 9.29 Å². The molecular weight excluding hydrogens is 568 g/mol. The van der Waals surface area contributed by atoms with Gasteiger partial charge in [-0.25, -0.2) is 18.0 Å². The number of nitrogens with zero attached hydrogens (tertiary/aromatic N) is 1. The number of rotatable bonds is 10. The second-order valence-electron chi connectivity index (χ2n) is 9.62. The quantitative estimate of drug-likeness (QED) is 0.181. The number of hydrogen-bond donors (Lipinski definition) is 2. The third-order valence-corrected chi connectivity index (χ3v) is 7.77. The molecule has 0 bridgehead atoms. The number of fused-ring (bicyclic) bond motifs is 1. The van der Waals surface area contributed by atoms with Crippen molar-refractivity contribution < 1.29 is 32.2 Å². The first-order chi connectivity index (χ1) is 18.6. The maximum atomic E-state index is 14.5. The minimum absolute atomic E-state index is 0. The Morgan fingerprint density at radius 2 is 1.85 bits per heavy atom. The lowest BCUT2D eigenvalue weighted by atomic mass is 10.00. The summed E-state index contributed by atoms with van der Waals surface area (Å²) in [6.45, 7) is 2.80. The molecule has 2 N–H and O–H groups in total. The zero-order valence-corrected chi connectivity index (χ0v) is 23.1. The van der Waals surface area contributed by atoms with Gasteiger partial charge in [0, 0.05) is 53.5 Å². The summed E-state index contributed by atoms with van der Waals surface area (Å²) >= 11 is 1.11. The van der Waals surface area contributed by atoms with Crippen molar-refractivity contribution in [2.24, 2.45) is 0 Å². The SMILES string of the molecule is CC(F)(F)c1cc(F)ccc1-c1sc2cc(C(=O)O)ccc2c1Oc1ccc(NC2CN(CCCF)C2)cc1.Cl. The summed E-state index contributed by atoms with van der Waals surface area (Å²) in [6.07, 6.45) is 0.533. The van der Waals surface area contributed by atoms with Crippen LogP contribution < -0.4 is 10.1 Å². The van der Waals surface area contributed by atoms with Crippen molar-refractivity contribution in [3.63, 3.8) is 0 Å². The van der Waals surface area contributed by atoms with Crippen LogP contribution in [0.1, 0.15) is 29.3 Å². The average molecular weight is 595 g/mol.